The predicted octanol–water partition coefficient (Wildman–Crippen LogP) is 3.21. The lowest BCUT2D eigenvalue weighted by molar-refractivity contribution is -0.174. The van der Waals surface area contributed by atoms with Gasteiger partial charge in [-0.25, -0.2) is 0 Å². The first-order valence-corrected chi connectivity index (χ1v) is 7.91. The molecule has 0 bridgehead atoms. The Kier molecular flexibility index (Phi) is 5.34. The zero-order chi connectivity index (χ0) is 17.2. The Morgan fingerprint density at radius 2 is 2.04 bits per heavy atom. The minimum atomic E-state index is -4.84. The average molecular weight is 328 g/mol. The summed E-state index contributed by atoms with van der Waals surface area (Å²) in [5, 5.41) is 5.40. The Morgan fingerprint density at radius 1 is 1.35 bits per heavy atom. The maximum absolute atomic E-state index is 12.5. The molecule has 2 rings (SSSR count). The molecule has 128 valence electrons. The third-order valence-electron chi connectivity index (χ3n) is 4.73. The molecule has 23 heavy (non-hydrogen) atoms. The predicted molar refractivity (Wildman–Crippen MR) is 83.3 cm³/mol. The summed E-state index contributed by atoms with van der Waals surface area (Å²) in [6.07, 6.45) is -3.44. The zero-order valence-electron chi connectivity index (χ0n) is 13.6. The van der Waals surface area contributed by atoms with Crippen LogP contribution < -0.4 is 10.6 Å². The molecular weight excluding hydrogens is 305 g/mol. The van der Waals surface area contributed by atoms with E-state index in [2.05, 4.69) is 17.6 Å². The number of carbonyl (C=O) groups excluding carboxylic acids is 1. The highest BCUT2D eigenvalue weighted by Crippen LogP contribution is 2.33. The highest BCUT2D eigenvalue weighted by Gasteiger charge is 2.41. The summed E-state index contributed by atoms with van der Waals surface area (Å²) in [6.45, 7) is 6.49. The molecule has 1 saturated heterocycles. The molecule has 1 fully saturated rings. The Labute approximate surface area is 134 Å². The molecule has 2 N–H and O–H groups in total. The van der Waals surface area contributed by atoms with Crippen LogP contribution in [-0.2, 0) is 4.79 Å². The maximum atomic E-state index is 12.5. The Balaban J connectivity index is 2.19. The van der Waals surface area contributed by atoms with Gasteiger partial charge in [-0.15, -0.1) is 0 Å². The van der Waals surface area contributed by atoms with Gasteiger partial charge in [0.1, 0.15) is 0 Å². The van der Waals surface area contributed by atoms with Gasteiger partial charge in [-0.2, -0.15) is 13.2 Å². The van der Waals surface area contributed by atoms with Crippen LogP contribution in [0.25, 0.3) is 0 Å². The lowest BCUT2D eigenvalue weighted by Crippen LogP contribution is -2.54. The van der Waals surface area contributed by atoms with E-state index in [-0.39, 0.29) is 12.0 Å². The third-order valence-corrected chi connectivity index (χ3v) is 4.73. The van der Waals surface area contributed by atoms with E-state index in [1.165, 1.54) is 11.1 Å². The van der Waals surface area contributed by atoms with Crippen molar-refractivity contribution in [2.75, 3.05) is 6.54 Å². The number of hydrogen-bond donors (Lipinski definition) is 2. The highest BCUT2D eigenvalue weighted by atomic mass is 19.4. The van der Waals surface area contributed by atoms with E-state index in [1.807, 2.05) is 32.0 Å². The largest absolute Gasteiger partial charge is 0.471 e. The summed E-state index contributed by atoms with van der Waals surface area (Å²) < 4.78 is 37.4. The van der Waals surface area contributed by atoms with Gasteiger partial charge in [0.2, 0.25) is 0 Å². The maximum Gasteiger partial charge on any atom is 0.471 e. The van der Waals surface area contributed by atoms with E-state index >= 15 is 0 Å². The van der Waals surface area contributed by atoms with Crippen molar-refractivity contribution in [1.82, 2.24) is 10.6 Å². The number of piperidine rings is 1. The van der Waals surface area contributed by atoms with Crippen molar-refractivity contribution in [2.24, 2.45) is 0 Å². The Bertz CT molecular complexity index is 571. The van der Waals surface area contributed by atoms with Gasteiger partial charge < -0.3 is 10.6 Å². The van der Waals surface area contributed by atoms with Crippen LogP contribution in [0.1, 0.15) is 42.4 Å². The number of benzene rings is 1. The molecule has 1 aliphatic heterocycles. The van der Waals surface area contributed by atoms with E-state index in [0.717, 1.165) is 12.0 Å². The molecule has 3 atom stereocenters. The number of nitrogens with one attached hydrogen (secondary N) is 2. The highest BCUT2D eigenvalue weighted by molar-refractivity contribution is 5.82. The summed E-state index contributed by atoms with van der Waals surface area (Å²) in [5.74, 6) is -1.77. The number of halogens is 3. The van der Waals surface area contributed by atoms with Gasteiger partial charge in [-0.1, -0.05) is 25.1 Å². The Morgan fingerprint density at radius 3 is 2.65 bits per heavy atom. The molecule has 1 aliphatic rings. The van der Waals surface area contributed by atoms with E-state index in [4.69, 9.17) is 0 Å². The minimum absolute atomic E-state index is 0.0900. The van der Waals surface area contributed by atoms with Gasteiger partial charge in [0, 0.05) is 24.5 Å². The van der Waals surface area contributed by atoms with Crippen LogP contribution in [0, 0.1) is 13.8 Å². The van der Waals surface area contributed by atoms with E-state index < -0.39 is 18.1 Å². The lowest BCUT2D eigenvalue weighted by Gasteiger charge is -2.38. The fraction of sp³-hybridized carbons (Fsp3) is 0.588. The monoisotopic (exact) mass is 328 g/mol. The molecule has 1 aromatic rings. The van der Waals surface area contributed by atoms with Crippen molar-refractivity contribution in [2.45, 2.75) is 57.8 Å². The fourth-order valence-electron chi connectivity index (χ4n) is 3.32. The topological polar surface area (TPSA) is 41.1 Å². The van der Waals surface area contributed by atoms with Crippen molar-refractivity contribution < 1.29 is 18.0 Å². The molecule has 3 nitrogen and oxygen atoms in total. The molecule has 3 unspecified atom stereocenters. The number of carbonyl (C=O) groups is 1. The second-order valence-electron chi connectivity index (χ2n) is 6.22. The third kappa shape index (κ3) is 4.05. The second-order valence-corrected chi connectivity index (χ2v) is 6.22. The molecule has 0 aromatic heterocycles. The number of rotatable bonds is 3. The first kappa shape index (κ1) is 17.8. The van der Waals surface area contributed by atoms with Crippen LogP contribution in [0.3, 0.4) is 0 Å². The summed E-state index contributed by atoms with van der Waals surface area (Å²) in [4.78, 5) is 11.2. The van der Waals surface area contributed by atoms with Crippen LogP contribution in [0.4, 0.5) is 13.2 Å². The first-order valence-electron chi connectivity index (χ1n) is 7.91. The van der Waals surface area contributed by atoms with Crippen LogP contribution in [0.15, 0.2) is 18.2 Å². The van der Waals surface area contributed by atoms with Crippen LogP contribution in [-0.4, -0.2) is 30.7 Å². The fourth-order valence-corrected chi connectivity index (χ4v) is 3.32. The van der Waals surface area contributed by atoms with Gasteiger partial charge in [0.25, 0.3) is 0 Å². The SMILES string of the molecule is CCC1NCC(NC(=O)C(F)(F)F)CC1c1cccc(C)c1C. The minimum Gasteiger partial charge on any atom is -0.344 e. The molecule has 0 radical (unpaired) electrons. The number of hydrogen-bond acceptors (Lipinski definition) is 2. The van der Waals surface area contributed by atoms with Crippen molar-refractivity contribution in [1.29, 1.82) is 0 Å². The smallest absolute Gasteiger partial charge is 0.344 e. The standard InChI is InChI=1S/C17H23F3N2O/c1-4-15-14(13-7-5-6-10(2)11(13)3)8-12(9-21-15)22-16(23)17(18,19)20/h5-7,12,14-15,21H,4,8-9H2,1-3H3,(H,22,23). The molecule has 0 saturated carbocycles. The quantitative estimate of drug-likeness (QED) is 0.895. The lowest BCUT2D eigenvalue weighted by atomic mass is 9.79. The van der Waals surface area contributed by atoms with Gasteiger partial charge in [0.15, 0.2) is 0 Å². The summed E-state index contributed by atoms with van der Waals surface area (Å²) in [6, 6.07) is 5.72. The normalized spacial score (nSPS) is 25.2. The summed E-state index contributed by atoms with van der Waals surface area (Å²) >= 11 is 0. The number of aryl methyl sites for hydroxylation is 1. The first-order chi connectivity index (χ1) is 10.7. The van der Waals surface area contributed by atoms with Gasteiger partial charge in [-0.3, -0.25) is 4.79 Å². The summed E-state index contributed by atoms with van der Waals surface area (Å²) in [7, 11) is 0. The summed E-state index contributed by atoms with van der Waals surface area (Å²) in [5.41, 5.74) is 3.48. The zero-order valence-corrected chi connectivity index (χ0v) is 13.6. The van der Waals surface area contributed by atoms with Gasteiger partial charge in [-0.05, 0) is 43.4 Å². The van der Waals surface area contributed by atoms with Crippen LogP contribution >= 0.6 is 0 Å². The molecule has 0 aliphatic carbocycles. The van der Waals surface area contributed by atoms with Crippen molar-refractivity contribution >= 4 is 5.91 Å². The molecule has 1 aromatic carbocycles. The van der Waals surface area contributed by atoms with E-state index in [0.29, 0.717) is 13.0 Å². The van der Waals surface area contributed by atoms with Crippen molar-refractivity contribution in [3.8, 4) is 0 Å². The Hall–Kier alpha value is -1.56. The van der Waals surface area contributed by atoms with E-state index in [9.17, 15) is 18.0 Å². The molecule has 1 amide bonds. The molecule has 0 spiro atoms. The van der Waals surface area contributed by atoms with Crippen LogP contribution in [0.2, 0.25) is 0 Å². The second kappa shape index (κ2) is 6.91. The number of amides is 1. The molecule has 1 heterocycles. The molecule has 6 heteroatoms. The van der Waals surface area contributed by atoms with Crippen LogP contribution in [0.5, 0.6) is 0 Å². The average Bonchev–Trinajstić information content (AvgIpc) is 2.49. The van der Waals surface area contributed by atoms with Crippen molar-refractivity contribution in [3.05, 3.63) is 34.9 Å². The van der Waals surface area contributed by atoms with Gasteiger partial charge in [0.05, 0.1) is 0 Å². The molecular formula is C17H23F3N2O. The number of alkyl halides is 3. The van der Waals surface area contributed by atoms with Crippen molar-refractivity contribution in [3.63, 3.8) is 0 Å². The van der Waals surface area contributed by atoms with E-state index in [1.54, 1.807) is 0 Å². The van der Waals surface area contributed by atoms with Gasteiger partial charge >= 0.3 is 12.1 Å².